The van der Waals surface area contributed by atoms with E-state index in [0.717, 1.165) is 18.2 Å². The topological polar surface area (TPSA) is 110 Å². The second-order valence-corrected chi connectivity index (χ2v) is 7.64. The maximum Gasteiger partial charge on any atom is 0.429 e. The summed E-state index contributed by atoms with van der Waals surface area (Å²) in [5.41, 5.74) is 0. The van der Waals surface area contributed by atoms with Crippen molar-refractivity contribution in [1.29, 1.82) is 0 Å². The van der Waals surface area contributed by atoms with Crippen molar-refractivity contribution in [2.75, 3.05) is 0 Å². The minimum Gasteiger partial charge on any atom is -0.743 e. The highest BCUT2D eigenvalue weighted by molar-refractivity contribution is 9.10. The van der Waals surface area contributed by atoms with Crippen LogP contribution in [0.15, 0.2) is 22.7 Å². The van der Waals surface area contributed by atoms with Gasteiger partial charge in [0.15, 0.2) is 10.1 Å². The fraction of sp³-hybridized carbons (Fsp3) is 0.273. The largest absolute Gasteiger partial charge is 0.743 e. The molecule has 128 valence electrons. The van der Waals surface area contributed by atoms with Gasteiger partial charge in [-0.25, -0.2) is 13.2 Å². The van der Waals surface area contributed by atoms with E-state index >= 15 is 0 Å². The normalized spacial score (nSPS) is 13.3. The molecule has 0 aliphatic carbocycles. The molecule has 1 unspecified atom stereocenters. The van der Waals surface area contributed by atoms with Crippen molar-refractivity contribution in [3.05, 3.63) is 22.7 Å². The maximum atomic E-state index is 13.0. The summed E-state index contributed by atoms with van der Waals surface area (Å²) in [6.45, 7) is 1.51. The molecule has 7 nitrogen and oxygen atoms in total. The van der Waals surface area contributed by atoms with Crippen LogP contribution in [0.5, 0.6) is 11.5 Å². The van der Waals surface area contributed by atoms with Gasteiger partial charge in [0.2, 0.25) is 0 Å². The number of carbonyl (C=O) groups is 2. The molecule has 0 amide bonds. The summed E-state index contributed by atoms with van der Waals surface area (Å²) in [5, 5.41) is -5.23. The van der Waals surface area contributed by atoms with E-state index in [1.54, 1.807) is 0 Å². The van der Waals surface area contributed by atoms with Crippen LogP contribution in [-0.4, -0.2) is 35.0 Å². The van der Waals surface area contributed by atoms with E-state index in [1.165, 1.54) is 6.92 Å². The van der Waals surface area contributed by atoms with Crippen LogP contribution in [0.4, 0.5) is 8.78 Å². The van der Waals surface area contributed by atoms with Gasteiger partial charge < -0.3 is 14.0 Å². The fourth-order valence-corrected chi connectivity index (χ4v) is 1.86. The standard InChI is InChI=1S/C11H8Br2F2O7S/c1-5(12)9(16)21-6-2-3-8(7(13)4-6)22-10(17)11(14,15)23(18,19)20/h2-5H,1H3,(H,18,19,20)/p-1. The Morgan fingerprint density at radius 2 is 1.87 bits per heavy atom. The molecular formula is C11H7Br2F2O7S-. The lowest BCUT2D eigenvalue weighted by atomic mass is 10.3. The number of alkyl halides is 3. The molecular weight excluding hydrogens is 474 g/mol. The Kier molecular flexibility index (Phi) is 6.24. The molecule has 23 heavy (non-hydrogen) atoms. The van der Waals surface area contributed by atoms with Crippen LogP contribution < -0.4 is 9.47 Å². The van der Waals surface area contributed by atoms with Gasteiger partial charge in [-0.1, -0.05) is 15.9 Å². The first-order valence-corrected chi connectivity index (χ1v) is 8.69. The van der Waals surface area contributed by atoms with Crippen molar-refractivity contribution in [3.8, 4) is 11.5 Å². The molecule has 1 atom stereocenters. The Balaban J connectivity index is 2.96. The summed E-state index contributed by atoms with van der Waals surface area (Å²) in [5.74, 6) is -3.67. The number of benzene rings is 1. The van der Waals surface area contributed by atoms with E-state index in [1.807, 2.05) is 0 Å². The fourth-order valence-electron chi connectivity index (χ4n) is 1.09. The van der Waals surface area contributed by atoms with Crippen LogP contribution in [-0.2, 0) is 19.7 Å². The van der Waals surface area contributed by atoms with E-state index in [0.29, 0.717) is 0 Å². The molecule has 0 bridgehead atoms. The first kappa shape index (κ1) is 19.9. The van der Waals surface area contributed by atoms with Crippen LogP contribution in [0, 0.1) is 0 Å². The van der Waals surface area contributed by atoms with Gasteiger partial charge in [0.1, 0.15) is 16.3 Å². The highest BCUT2D eigenvalue weighted by atomic mass is 79.9. The Hall–Kier alpha value is -1.11. The average molecular weight is 481 g/mol. The Morgan fingerprint density at radius 1 is 1.30 bits per heavy atom. The summed E-state index contributed by atoms with van der Waals surface area (Å²) in [6, 6.07) is 3.21. The molecule has 0 spiro atoms. The van der Waals surface area contributed by atoms with E-state index in [2.05, 4.69) is 36.6 Å². The quantitative estimate of drug-likeness (QED) is 0.275. The van der Waals surface area contributed by atoms with E-state index < -0.39 is 37.9 Å². The van der Waals surface area contributed by atoms with Crippen LogP contribution >= 0.6 is 31.9 Å². The summed E-state index contributed by atoms with van der Waals surface area (Å²) >= 11 is 5.85. The monoisotopic (exact) mass is 479 g/mol. The Labute approximate surface area is 146 Å². The van der Waals surface area contributed by atoms with E-state index in [9.17, 15) is 31.3 Å². The molecule has 1 aromatic carbocycles. The zero-order valence-electron chi connectivity index (χ0n) is 11.1. The SMILES string of the molecule is CC(Br)C(=O)Oc1ccc(OC(=O)C(F)(F)S(=O)(=O)[O-])c(Br)c1. The molecule has 1 aromatic rings. The van der Waals surface area contributed by atoms with Crippen LogP contribution in [0.2, 0.25) is 0 Å². The zero-order chi connectivity index (χ0) is 18.0. The molecule has 0 heterocycles. The van der Waals surface area contributed by atoms with Gasteiger partial charge in [-0.3, -0.25) is 4.79 Å². The molecule has 0 saturated heterocycles. The average Bonchev–Trinajstić information content (AvgIpc) is 2.40. The van der Waals surface area contributed by atoms with Crippen LogP contribution in [0.25, 0.3) is 0 Å². The van der Waals surface area contributed by atoms with Crippen molar-refractivity contribution in [1.82, 2.24) is 0 Å². The van der Waals surface area contributed by atoms with Crippen molar-refractivity contribution in [3.63, 3.8) is 0 Å². The number of hydrogen-bond acceptors (Lipinski definition) is 7. The summed E-state index contributed by atoms with van der Waals surface area (Å²) in [6.07, 6.45) is 0. The highest BCUT2D eigenvalue weighted by Crippen LogP contribution is 2.32. The molecule has 0 radical (unpaired) electrons. The maximum absolute atomic E-state index is 13.0. The van der Waals surface area contributed by atoms with Gasteiger partial charge in [0.25, 0.3) is 0 Å². The van der Waals surface area contributed by atoms with Crippen molar-refractivity contribution >= 4 is 53.9 Å². The number of rotatable bonds is 5. The third-order valence-electron chi connectivity index (χ3n) is 2.20. The first-order chi connectivity index (χ1) is 10.4. The Morgan fingerprint density at radius 3 is 2.30 bits per heavy atom. The highest BCUT2D eigenvalue weighted by Gasteiger charge is 2.49. The lowest BCUT2D eigenvalue weighted by Crippen LogP contribution is -2.40. The number of halogens is 4. The van der Waals surface area contributed by atoms with Gasteiger partial charge in [0.05, 0.1) is 4.47 Å². The Bertz CT molecular complexity index is 734. The van der Waals surface area contributed by atoms with Crippen LogP contribution in [0.1, 0.15) is 6.92 Å². The van der Waals surface area contributed by atoms with E-state index in [-0.39, 0.29) is 10.2 Å². The molecule has 0 fully saturated rings. The summed E-state index contributed by atoms with van der Waals surface area (Å²) < 4.78 is 66.0. The van der Waals surface area contributed by atoms with Crippen molar-refractivity contribution in [2.24, 2.45) is 0 Å². The predicted molar refractivity (Wildman–Crippen MR) is 78.4 cm³/mol. The third kappa shape index (κ3) is 4.93. The minimum atomic E-state index is -6.22. The molecule has 12 heteroatoms. The molecule has 0 saturated carbocycles. The number of esters is 2. The van der Waals surface area contributed by atoms with Crippen LogP contribution in [0.3, 0.4) is 0 Å². The summed E-state index contributed by atoms with van der Waals surface area (Å²) in [4.78, 5) is 21.9. The molecule has 0 aromatic heterocycles. The second-order valence-electron chi connectivity index (χ2n) is 3.99. The van der Waals surface area contributed by atoms with Crippen molar-refractivity contribution in [2.45, 2.75) is 17.0 Å². The second kappa shape index (κ2) is 7.20. The van der Waals surface area contributed by atoms with E-state index in [4.69, 9.17) is 4.74 Å². The van der Waals surface area contributed by atoms with Gasteiger partial charge in [-0.15, -0.1) is 0 Å². The summed E-state index contributed by atoms with van der Waals surface area (Å²) in [7, 11) is -6.22. The number of carbonyl (C=O) groups excluding carboxylic acids is 2. The van der Waals surface area contributed by atoms with Gasteiger partial charge in [-0.05, 0) is 41.1 Å². The predicted octanol–water partition coefficient (Wildman–Crippen LogP) is 2.18. The van der Waals surface area contributed by atoms with Gasteiger partial charge >= 0.3 is 17.2 Å². The van der Waals surface area contributed by atoms with Gasteiger partial charge in [-0.2, -0.15) is 8.78 Å². The number of hydrogen-bond donors (Lipinski definition) is 0. The lowest BCUT2D eigenvalue weighted by Gasteiger charge is -2.18. The first-order valence-electron chi connectivity index (χ1n) is 5.57. The molecule has 0 N–H and O–H groups in total. The van der Waals surface area contributed by atoms with Gasteiger partial charge in [0, 0.05) is 0 Å². The minimum absolute atomic E-state index is 0.0104. The third-order valence-corrected chi connectivity index (χ3v) is 3.99. The van der Waals surface area contributed by atoms with Crippen molar-refractivity contribution < 1.29 is 40.8 Å². The smallest absolute Gasteiger partial charge is 0.429 e. The molecule has 0 aliphatic heterocycles. The number of ether oxygens (including phenoxy) is 2. The molecule has 0 aliphatic rings. The molecule has 1 rings (SSSR count). The zero-order valence-corrected chi connectivity index (χ0v) is 15.1. The lowest BCUT2D eigenvalue weighted by molar-refractivity contribution is -0.151.